The maximum Gasteiger partial charge on any atom is 0.251 e. The fourth-order valence-corrected chi connectivity index (χ4v) is 2.12. The largest absolute Gasteiger partial charge is 0.348 e. The van der Waals surface area contributed by atoms with Gasteiger partial charge in [0.2, 0.25) is 0 Å². The van der Waals surface area contributed by atoms with Gasteiger partial charge >= 0.3 is 0 Å². The molecule has 3 rings (SSSR count). The smallest absolute Gasteiger partial charge is 0.251 e. The molecule has 22 heavy (non-hydrogen) atoms. The van der Waals surface area contributed by atoms with Crippen molar-refractivity contribution in [2.45, 2.75) is 6.54 Å². The van der Waals surface area contributed by atoms with Crippen molar-refractivity contribution in [3.8, 4) is 11.4 Å². The van der Waals surface area contributed by atoms with E-state index in [1.807, 2.05) is 42.5 Å². The highest BCUT2D eigenvalue weighted by Crippen LogP contribution is 2.15. The van der Waals surface area contributed by atoms with Crippen molar-refractivity contribution in [1.82, 2.24) is 25.5 Å². The fourth-order valence-electron chi connectivity index (χ4n) is 2.12. The van der Waals surface area contributed by atoms with E-state index >= 15 is 0 Å². The molecule has 0 fully saturated rings. The molecule has 1 aromatic heterocycles. The van der Waals surface area contributed by atoms with Crippen LogP contribution in [0.25, 0.3) is 11.4 Å². The molecule has 1 amide bonds. The molecule has 1 N–H and O–H groups in total. The maximum atomic E-state index is 12.1. The van der Waals surface area contributed by atoms with Gasteiger partial charge in [-0.2, -0.15) is 0 Å². The molecule has 2 aromatic carbocycles. The Hall–Kier alpha value is -3.02. The topological polar surface area (TPSA) is 72.7 Å². The Bertz CT molecular complexity index is 765. The number of hydrogen-bond acceptors (Lipinski definition) is 4. The Morgan fingerprint density at radius 2 is 1.82 bits per heavy atom. The third-order valence-corrected chi connectivity index (χ3v) is 3.32. The molecule has 0 radical (unpaired) electrons. The van der Waals surface area contributed by atoms with Crippen LogP contribution in [-0.4, -0.2) is 26.1 Å². The van der Waals surface area contributed by atoms with Crippen LogP contribution in [0.2, 0.25) is 0 Å². The minimum atomic E-state index is -0.105. The van der Waals surface area contributed by atoms with Crippen LogP contribution in [0.15, 0.2) is 54.6 Å². The van der Waals surface area contributed by atoms with E-state index in [1.54, 1.807) is 23.9 Å². The first kappa shape index (κ1) is 13.9. The second-order valence-corrected chi connectivity index (χ2v) is 4.87. The molecule has 0 unspecified atom stereocenters. The molecule has 0 saturated carbocycles. The molecule has 0 aliphatic heterocycles. The lowest BCUT2D eigenvalue weighted by Gasteiger charge is -2.06. The Balaban J connectivity index is 1.67. The van der Waals surface area contributed by atoms with Crippen LogP contribution in [0.1, 0.15) is 15.9 Å². The van der Waals surface area contributed by atoms with Crippen molar-refractivity contribution in [1.29, 1.82) is 0 Å². The standard InChI is InChI=1S/C16H15N5O/c1-21-15(18-19-20-21)13-7-9-14(10-8-13)16(22)17-11-12-5-3-2-4-6-12/h2-10H,11H2,1H3,(H,17,22). The van der Waals surface area contributed by atoms with Crippen molar-refractivity contribution in [2.24, 2.45) is 7.05 Å². The number of nitrogens with one attached hydrogen (secondary N) is 1. The average Bonchev–Trinajstić information content (AvgIpc) is 3.00. The van der Waals surface area contributed by atoms with E-state index in [0.717, 1.165) is 11.1 Å². The minimum absolute atomic E-state index is 0.105. The molecule has 1 heterocycles. The van der Waals surface area contributed by atoms with Crippen LogP contribution in [0.5, 0.6) is 0 Å². The first-order valence-electron chi connectivity index (χ1n) is 6.89. The molecule has 0 bridgehead atoms. The van der Waals surface area contributed by atoms with Crippen LogP contribution < -0.4 is 5.32 Å². The molecule has 110 valence electrons. The summed E-state index contributed by atoms with van der Waals surface area (Å²) in [5, 5.41) is 14.2. The summed E-state index contributed by atoms with van der Waals surface area (Å²) in [4.78, 5) is 12.1. The SMILES string of the molecule is Cn1nnnc1-c1ccc(C(=O)NCc2ccccc2)cc1. The number of nitrogens with zero attached hydrogens (tertiary/aromatic N) is 4. The number of carbonyl (C=O) groups excluding carboxylic acids is 1. The van der Waals surface area contributed by atoms with Crippen molar-refractivity contribution in [3.05, 3.63) is 65.7 Å². The Labute approximate surface area is 127 Å². The summed E-state index contributed by atoms with van der Waals surface area (Å²) in [6, 6.07) is 17.0. The van der Waals surface area contributed by atoms with E-state index in [-0.39, 0.29) is 5.91 Å². The summed E-state index contributed by atoms with van der Waals surface area (Å²) in [7, 11) is 1.77. The predicted octanol–water partition coefficient (Wildman–Crippen LogP) is 1.81. The van der Waals surface area contributed by atoms with Gasteiger partial charge in [0.05, 0.1) is 0 Å². The van der Waals surface area contributed by atoms with Crippen LogP contribution in [0.3, 0.4) is 0 Å². The number of tetrazole rings is 1. The predicted molar refractivity (Wildman–Crippen MR) is 81.8 cm³/mol. The van der Waals surface area contributed by atoms with Gasteiger partial charge in [-0.25, -0.2) is 4.68 Å². The van der Waals surface area contributed by atoms with Crippen molar-refractivity contribution < 1.29 is 4.79 Å². The molecule has 6 nitrogen and oxygen atoms in total. The van der Waals surface area contributed by atoms with E-state index < -0.39 is 0 Å². The second-order valence-electron chi connectivity index (χ2n) is 4.87. The molecule has 6 heteroatoms. The summed E-state index contributed by atoms with van der Waals surface area (Å²) in [6.07, 6.45) is 0. The van der Waals surface area contributed by atoms with Crippen LogP contribution in [0, 0.1) is 0 Å². The first-order valence-corrected chi connectivity index (χ1v) is 6.89. The van der Waals surface area contributed by atoms with Gasteiger partial charge in [-0.3, -0.25) is 4.79 Å². The number of rotatable bonds is 4. The van der Waals surface area contributed by atoms with E-state index in [2.05, 4.69) is 20.8 Å². The zero-order valence-corrected chi connectivity index (χ0v) is 12.1. The monoisotopic (exact) mass is 293 g/mol. The highest BCUT2D eigenvalue weighted by Gasteiger charge is 2.08. The molecule has 0 saturated heterocycles. The maximum absolute atomic E-state index is 12.1. The van der Waals surface area contributed by atoms with Gasteiger partial charge in [-0.05, 0) is 28.1 Å². The molecular weight excluding hydrogens is 278 g/mol. The zero-order valence-electron chi connectivity index (χ0n) is 12.1. The van der Waals surface area contributed by atoms with Gasteiger partial charge < -0.3 is 5.32 Å². The number of carbonyl (C=O) groups is 1. The molecule has 0 aliphatic carbocycles. The lowest BCUT2D eigenvalue weighted by atomic mass is 10.1. The molecule has 0 aliphatic rings. The van der Waals surface area contributed by atoms with Gasteiger partial charge in [0.15, 0.2) is 5.82 Å². The Kier molecular flexibility index (Phi) is 3.91. The van der Waals surface area contributed by atoms with Gasteiger partial charge in [0, 0.05) is 24.7 Å². The highest BCUT2D eigenvalue weighted by molar-refractivity contribution is 5.94. The highest BCUT2D eigenvalue weighted by atomic mass is 16.1. The van der Waals surface area contributed by atoms with Gasteiger partial charge in [-0.1, -0.05) is 42.5 Å². The van der Waals surface area contributed by atoms with Crippen LogP contribution in [-0.2, 0) is 13.6 Å². The minimum Gasteiger partial charge on any atom is -0.348 e. The van der Waals surface area contributed by atoms with Crippen molar-refractivity contribution in [3.63, 3.8) is 0 Å². The Morgan fingerprint density at radius 1 is 1.09 bits per heavy atom. The van der Waals surface area contributed by atoms with Crippen molar-refractivity contribution >= 4 is 5.91 Å². The summed E-state index contributed by atoms with van der Waals surface area (Å²) in [5.74, 6) is 0.558. The number of hydrogen-bond donors (Lipinski definition) is 1. The summed E-state index contributed by atoms with van der Waals surface area (Å²) in [6.45, 7) is 0.509. The van der Waals surface area contributed by atoms with Gasteiger partial charge in [0.25, 0.3) is 5.91 Å². The first-order chi connectivity index (χ1) is 10.7. The third kappa shape index (κ3) is 3.01. The average molecular weight is 293 g/mol. The summed E-state index contributed by atoms with van der Waals surface area (Å²) >= 11 is 0. The fraction of sp³-hybridized carbons (Fsp3) is 0.125. The van der Waals surface area contributed by atoms with Gasteiger partial charge in [0.1, 0.15) is 0 Å². The second kappa shape index (κ2) is 6.17. The summed E-state index contributed by atoms with van der Waals surface area (Å²) in [5.41, 5.74) is 2.54. The number of benzene rings is 2. The lowest BCUT2D eigenvalue weighted by Crippen LogP contribution is -2.22. The molecule has 0 atom stereocenters. The Morgan fingerprint density at radius 3 is 2.45 bits per heavy atom. The lowest BCUT2D eigenvalue weighted by molar-refractivity contribution is 0.0951. The van der Waals surface area contributed by atoms with E-state index in [1.165, 1.54) is 0 Å². The van der Waals surface area contributed by atoms with Crippen LogP contribution in [0.4, 0.5) is 0 Å². The number of aromatic nitrogens is 4. The number of amides is 1. The molecule has 3 aromatic rings. The zero-order chi connectivity index (χ0) is 15.4. The third-order valence-electron chi connectivity index (χ3n) is 3.32. The molecular formula is C16H15N5O. The summed E-state index contributed by atoms with van der Waals surface area (Å²) < 4.78 is 1.59. The molecule has 0 spiro atoms. The van der Waals surface area contributed by atoms with Crippen LogP contribution >= 0.6 is 0 Å². The normalized spacial score (nSPS) is 10.4. The van der Waals surface area contributed by atoms with Gasteiger partial charge in [-0.15, -0.1) is 5.10 Å². The van der Waals surface area contributed by atoms with E-state index in [9.17, 15) is 4.79 Å². The quantitative estimate of drug-likeness (QED) is 0.796. The van der Waals surface area contributed by atoms with Crippen molar-refractivity contribution in [2.75, 3.05) is 0 Å². The van der Waals surface area contributed by atoms with E-state index in [0.29, 0.717) is 17.9 Å². The number of aryl methyl sites for hydroxylation is 1. The van der Waals surface area contributed by atoms with E-state index in [4.69, 9.17) is 0 Å².